The minimum absolute atomic E-state index is 0. The molecular formula is C14H19BrClFN2O2S. The van der Waals surface area contributed by atoms with Gasteiger partial charge in [-0.15, -0.1) is 12.4 Å². The second kappa shape index (κ2) is 6.36. The van der Waals surface area contributed by atoms with Crippen LogP contribution in [0.2, 0.25) is 0 Å². The molecule has 3 rings (SSSR count). The van der Waals surface area contributed by atoms with E-state index in [0.717, 1.165) is 12.8 Å². The third kappa shape index (κ3) is 2.94. The van der Waals surface area contributed by atoms with Crippen LogP contribution in [0.3, 0.4) is 0 Å². The number of rotatable bonds is 2. The Labute approximate surface area is 144 Å². The molecule has 1 saturated heterocycles. The van der Waals surface area contributed by atoms with Gasteiger partial charge in [-0.1, -0.05) is 0 Å². The van der Waals surface area contributed by atoms with Crippen LogP contribution in [0.15, 0.2) is 21.5 Å². The SMILES string of the molecule is Cc1cc(F)c(Br)cc1S(=O)(=O)N1CC2CCC(N)C2C1.Cl. The Kier molecular flexibility index (Phi) is 5.24. The lowest BCUT2D eigenvalue weighted by molar-refractivity contribution is 0.426. The van der Waals surface area contributed by atoms with Gasteiger partial charge in [-0.25, -0.2) is 12.8 Å². The summed E-state index contributed by atoms with van der Waals surface area (Å²) in [5, 5.41) is 0. The number of nitrogens with two attached hydrogens (primary N) is 1. The number of hydrogen-bond donors (Lipinski definition) is 1. The molecule has 8 heteroatoms. The summed E-state index contributed by atoms with van der Waals surface area (Å²) in [5.74, 6) is 0.162. The first-order valence-electron chi connectivity index (χ1n) is 7.02. The first kappa shape index (κ1) is 18.1. The molecule has 1 aliphatic carbocycles. The topological polar surface area (TPSA) is 63.4 Å². The van der Waals surface area contributed by atoms with Gasteiger partial charge in [0.2, 0.25) is 10.0 Å². The van der Waals surface area contributed by atoms with Gasteiger partial charge in [-0.05, 0) is 65.2 Å². The fraction of sp³-hybridized carbons (Fsp3) is 0.571. The average molecular weight is 414 g/mol. The van der Waals surface area contributed by atoms with E-state index in [1.165, 1.54) is 16.4 Å². The van der Waals surface area contributed by atoms with Gasteiger partial charge in [0.15, 0.2) is 0 Å². The molecule has 2 fully saturated rings. The van der Waals surface area contributed by atoms with E-state index >= 15 is 0 Å². The van der Waals surface area contributed by atoms with Crippen molar-refractivity contribution >= 4 is 38.4 Å². The maximum Gasteiger partial charge on any atom is 0.243 e. The summed E-state index contributed by atoms with van der Waals surface area (Å²) in [6.07, 6.45) is 1.97. The van der Waals surface area contributed by atoms with Crippen LogP contribution in [-0.2, 0) is 10.0 Å². The molecular weight excluding hydrogens is 395 g/mol. The molecule has 1 aromatic carbocycles. The van der Waals surface area contributed by atoms with E-state index in [9.17, 15) is 12.8 Å². The van der Waals surface area contributed by atoms with E-state index in [-0.39, 0.29) is 33.7 Å². The zero-order valence-electron chi connectivity index (χ0n) is 12.1. The molecule has 0 spiro atoms. The molecule has 1 heterocycles. The van der Waals surface area contributed by atoms with Crippen LogP contribution < -0.4 is 5.73 Å². The fourth-order valence-corrected chi connectivity index (χ4v) is 5.77. The quantitative estimate of drug-likeness (QED) is 0.811. The molecule has 3 unspecified atom stereocenters. The summed E-state index contributed by atoms with van der Waals surface area (Å²) in [5.41, 5.74) is 6.49. The fourth-order valence-electron chi connectivity index (χ4n) is 3.51. The van der Waals surface area contributed by atoms with Gasteiger partial charge in [0.1, 0.15) is 5.82 Å². The van der Waals surface area contributed by atoms with Crippen molar-refractivity contribution in [1.82, 2.24) is 4.31 Å². The number of sulfonamides is 1. The van der Waals surface area contributed by atoms with Crippen LogP contribution in [0.5, 0.6) is 0 Å². The van der Waals surface area contributed by atoms with Crippen molar-refractivity contribution in [1.29, 1.82) is 0 Å². The predicted molar refractivity (Wildman–Crippen MR) is 89.0 cm³/mol. The summed E-state index contributed by atoms with van der Waals surface area (Å²) in [4.78, 5) is 0.171. The highest BCUT2D eigenvalue weighted by Crippen LogP contribution is 2.40. The van der Waals surface area contributed by atoms with Crippen molar-refractivity contribution in [2.75, 3.05) is 13.1 Å². The lowest BCUT2D eigenvalue weighted by atomic mass is 9.98. The molecule has 0 aromatic heterocycles. The van der Waals surface area contributed by atoms with Crippen molar-refractivity contribution in [3.05, 3.63) is 28.0 Å². The molecule has 4 nitrogen and oxygen atoms in total. The number of hydrogen-bond acceptors (Lipinski definition) is 3. The highest BCUT2D eigenvalue weighted by molar-refractivity contribution is 9.10. The van der Waals surface area contributed by atoms with Gasteiger partial charge in [0.05, 0.1) is 9.37 Å². The van der Waals surface area contributed by atoms with Gasteiger partial charge in [-0.2, -0.15) is 4.31 Å². The first-order valence-corrected chi connectivity index (χ1v) is 9.25. The first-order chi connectivity index (χ1) is 9.80. The van der Waals surface area contributed by atoms with E-state index in [2.05, 4.69) is 15.9 Å². The number of aryl methyl sites for hydroxylation is 1. The maximum atomic E-state index is 13.5. The van der Waals surface area contributed by atoms with Crippen molar-refractivity contribution in [2.24, 2.45) is 17.6 Å². The minimum atomic E-state index is -3.59. The third-order valence-corrected chi connectivity index (χ3v) is 7.30. The molecule has 2 N–H and O–H groups in total. The number of fused-ring (bicyclic) bond motifs is 1. The summed E-state index contributed by atoms with van der Waals surface area (Å²) >= 11 is 3.06. The van der Waals surface area contributed by atoms with Crippen LogP contribution in [0.1, 0.15) is 18.4 Å². The number of halogens is 3. The molecule has 2 aliphatic rings. The second-order valence-electron chi connectivity index (χ2n) is 6.02. The van der Waals surface area contributed by atoms with Gasteiger partial charge >= 0.3 is 0 Å². The maximum absolute atomic E-state index is 13.5. The smallest absolute Gasteiger partial charge is 0.243 e. The minimum Gasteiger partial charge on any atom is -0.327 e. The lowest BCUT2D eigenvalue weighted by Crippen LogP contribution is -2.33. The van der Waals surface area contributed by atoms with Crippen LogP contribution in [0.4, 0.5) is 4.39 Å². The van der Waals surface area contributed by atoms with E-state index in [1.807, 2.05) is 0 Å². The predicted octanol–water partition coefficient (Wildman–Crippen LogP) is 2.68. The summed E-state index contributed by atoms with van der Waals surface area (Å²) in [7, 11) is -3.59. The van der Waals surface area contributed by atoms with E-state index in [1.54, 1.807) is 6.92 Å². The molecule has 0 bridgehead atoms. The van der Waals surface area contributed by atoms with Crippen molar-refractivity contribution in [3.63, 3.8) is 0 Å². The summed E-state index contributed by atoms with van der Waals surface area (Å²) < 4.78 is 40.8. The molecule has 3 atom stereocenters. The highest BCUT2D eigenvalue weighted by Gasteiger charge is 2.45. The number of nitrogens with zero attached hydrogens (tertiary/aromatic N) is 1. The molecule has 1 saturated carbocycles. The van der Waals surface area contributed by atoms with Gasteiger partial charge in [0, 0.05) is 19.1 Å². The van der Waals surface area contributed by atoms with E-state index in [4.69, 9.17) is 5.73 Å². The summed E-state index contributed by atoms with van der Waals surface area (Å²) in [6.45, 7) is 2.61. The third-order valence-electron chi connectivity index (χ3n) is 4.71. The molecule has 1 aromatic rings. The molecule has 124 valence electrons. The normalized spacial score (nSPS) is 28.5. The van der Waals surface area contributed by atoms with Crippen molar-refractivity contribution in [2.45, 2.75) is 30.7 Å². The zero-order chi connectivity index (χ0) is 15.4. The zero-order valence-corrected chi connectivity index (χ0v) is 15.3. The lowest BCUT2D eigenvalue weighted by Gasteiger charge is -2.20. The Morgan fingerprint density at radius 1 is 1.32 bits per heavy atom. The Morgan fingerprint density at radius 2 is 2.00 bits per heavy atom. The van der Waals surface area contributed by atoms with E-state index < -0.39 is 15.8 Å². The Morgan fingerprint density at radius 3 is 2.64 bits per heavy atom. The van der Waals surface area contributed by atoms with Crippen LogP contribution in [0.25, 0.3) is 0 Å². The molecule has 1 aliphatic heterocycles. The molecule has 22 heavy (non-hydrogen) atoms. The van der Waals surface area contributed by atoms with Gasteiger partial charge < -0.3 is 5.73 Å². The second-order valence-corrected chi connectivity index (χ2v) is 8.78. The monoisotopic (exact) mass is 412 g/mol. The Bertz CT molecular complexity index is 686. The van der Waals surface area contributed by atoms with Gasteiger partial charge in [-0.3, -0.25) is 0 Å². The van der Waals surface area contributed by atoms with Gasteiger partial charge in [0.25, 0.3) is 0 Å². The number of benzene rings is 1. The van der Waals surface area contributed by atoms with E-state index in [0.29, 0.717) is 24.6 Å². The largest absolute Gasteiger partial charge is 0.327 e. The Hall–Kier alpha value is -0.210. The summed E-state index contributed by atoms with van der Waals surface area (Å²) in [6, 6.07) is 2.70. The van der Waals surface area contributed by atoms with Crippen LogP contribution >= 0.6 is 28.3 Å². The van der Waals surface area contributed by atoms with Crippen molar-refractivity contribution < 1.29 is 12.8 Å². The molecule has 0 radical (unpaired) electrons. The highest BCUT2D eigenvalue weighted by atomic mass is 79.9. The van der Waals surface area contributed by atoms with Crippen molar-refractivity contribution in [3.8, 4) is 0 Å². The average Bonchev–Trinajstić information content (AvgIpc) is 2.97. The van der Waals surface area contributed by atoms with Crippen LogP contribution in [0, 0.1) is 24.6 Å². The standard InChI is InChI=1S/C14H18BrFN2O2S.ClH/c1-8-4-12(16)11(15)5-14(8)21(19,20)18-6-9-2-3-13(17)10(9)7-18;/h4-5,9-10,13H,2-3,6-7,17H2,1H3;1H. The van der Waals surface area contributed by atoms with Crippen LogP contribution in [-0.4, -0.2) is 31.9 Å². The molecule has 0 amide bonds. The Balaban J connectivity index is 0.00000176.